The van der Waals surface area contributed by atoms with Crippen LogP contribution in [0.1, 0.15) is 39.0 Å². The van der Waals surface area contributed by atoms with Gasteiger partial charge < -0.3 is 14.6 Å². The largest absolute Gasteiger partial charge is 0.489 e. The predicted molar refractivity (Wildman–Crippen MR) is 135 cm³/mol. The molecule has 0 radical (unpaired) electrons. The molecule has 12 heteroatoms. The van der Waals surface area contributed by atoms with Gasteiger partial charge in [-0.2, -0.15) is 18.3 Å². The number of benzene rings is 1. The lowest BCUT2D eigenvalue weighted by Crippen LogP contribution is -2.19. The number of pyridine rings is 1. The molecule has 0 spiro atoms. The number of aryl methyl sites for hydroxylation is 1. The first kappa shape index (κ1) is 26.8. The minimum Gasteiger partial charge on any atom is -0.489 e. The van der Waals surface area contributed by atoms with Gasteiger partial charge in [0.15, 0.2) is 11.5 Å². The fourth-order valence-electron chi connectivity index (χ4n) is 3.63. The second-order valence-corrected chi connectivity index (χ2v) is 9.94. The van der Waals surface area contributed by atoms with E-state index in [0.29, 0.717) is 21.7 Å². The number of thiophene rings is 1. The minimum atomic E-state index is -4.87. The molecular weight excluding hydrogens is 575 g/mol. The number of esters is 1. The fourth-order valence-corrected chi connectivity index (χ4v) is 5.00. The van der Waals surface area contributed by atoms with Gasteiger partial charge in [-0.05, 0) is 55.8 Å². The number of alkyl halides is 3. The average molecular weight is 596 g/mol. The van der Waals surface area contributed by atoms with E-state index in [0.717, 1.165) is 26.0 Å². The van der Waals surface area contributed by atoms with Gasteiger partial charge in [-0.25, -0.2) is 14.5 Å². The molecule has 4 rings (SSSR count). The minimum absolute atomic E-state index is 0.0702. The number of carbonyl (C=O) groups is 1. The van der Waals surface area contributed by atoms with E-state index in [4.69, 9.17) is 9.47 Å². The van der Waals surface area contributed by atoms with E-state index in [-0.39, 0.29) is 25.6 Å². The highest BCUT2D eigenvalue weighted by Gasteiger charge is 2.41. The Labute approximate surface area is 222 Å². The standard InChI is InChI=1S/C25H21BrF3N3O4S/c1-3-35-24(34)18-11-30-32(23(18)25(27,28)29)21-6-4-5-20(31-21)22-16(9-14(2)37-22)13-36-17-7-8-19(26)15(10-17)12-33/h4-11,33H,3,12-13H2,1-2H3. The molecule has 0 bridgehead atoms. The van der Waals surface area contributed by atoms with E-state index < -0.39 is 23.4 Å². The molecule has 0 saturated heterocycles. The molecule has 0 aliphatic carbocycles. The molecular formula is C25H21BrF3N3O4S. The Hall–Kier alpha value is -3.22. The molecule has 0 aliphatic rings. The Bertz CT molecular complexity index is 1440. The van der Waals surface area contributed by atoms with Crippen molar-refractivity contribution in [3.8, 4) is 22.1 Å². The van der Waals surface area contributed by atoms with Crippen molar-refractivity contribution in [1.29, 1.82) is 0 Å². The van der Waals surface area contributed by atoms with E-state index in [2.05, 4.69) is 26.0 Å². The van der Waals surface area contributed by atoms with Crippen molar-refractivity contribution in [3.63, 3.8) is 0 Å². The Balaban J connectivity index is 1.68. The first-order chi connectivity index (χ1) is 17.6. The van der Waals surface area contributed by atoms with E-state index in [9.17, 15) is 23.1 Å². The van der Waals surface area contributed by atoms with Gasteiger partial charge in [-0.3, -0.25) is 0 Å². The van der Waals surface area contributed by atoms with E-state index in [1.165, 1.54) is 24.3 Å². The molecule has 0 atom stereocenters. The number of hydrogen-bond acceptors (Lipinski definition) is 7. The van der Waals surface area contributed by atoms with Crippen LogP contribution in [0.4, 0.5) is 13.2 Å². The van der Waals surface area contributed by atoms with Crippen molar-refractivity contribution < 1.29 is 32.5 Å². The Morgan fingerprint density at radius 2 is 1.97 bits per heavy atom. The summed E-state index contributed by atoms with van der Waals surface area (Å²) in [5, 5.41) is 13.3. The van der Waals surface area contributed by atoms with Crippen molar-refractivity contribution in [1.82, 2.24) is 14.8 Å². The topological polar surface area (TPSA) is 86.5 Å². The fraction of sp³-hybridized carbons (Fsp3) is 0.240. The van der Waals surface area contributed by atoms with Crippen molar-refractivity contribution >= 4 is 33.2 Å². The van der Waals surface area contributed by atoms with Crippen LogP contribution in [-0.2, 0) is 24.1 Å². The zero-order valence-corrected chi connectivity index (χ0v) is 22.1. The number of aliphatic hydroxyl groups excluding tert-OH is 1. The van der Waals surface area contributed by atoms with Gasteiger partial charge in [0.1, 0.15) is 17.9 Å². The van der Waals surface area contributed by atoms with E-state index in [1.807, 2.05) is 13.0 Å². The molecule has 0 amide bonds. The lowest BCUT2D eigenvalue weighted by Gasteiger charge is -2.13. The van der Waals surface area contributed by atoms with Gasteiger partial charge in [-0.15, -0.1) is 11.3 Å². The van der Waals surface area contributed by atoms with Crippen molar-refractivity contribution in [2.75, 3.05) is 6.61 Å². The summed E-state index contributed by atoms with van der Waals surface area (Å²) in [6, 6.07) is 11.8. The van der Waals surface area contributed by atoms with Gasteiger partial charge in [0.2, 0.25) is 0 Å². The Morgan fingerprint density at radius 3 is 2.68 bits per heavy atom. The third kappa shape index (κ3) is 5.86. The van der Waals surface area contributed by atoms with Crippen molar-refractivity contribution in [2.24, 2.45) is 0 Å². The quantitative estimate of drug-likeness (QED) is 0.239. The second kappa shape index (κ2) is 11.0. The van der Waals surface area contributed by atoms with Crippen molar-refractivity contribution in [2.45, 2.75) is 33.2 Å². The van der Waals surface area contributed by atoms with Crippen LogP contribution in [0.2, 0.25) is 0 Å². The number of nitrogens with zero attached hydrogens (tertiary/aromatic N) is 3. The molecule has 1 N–H and O–H groups in total. The average Bonchev–Trinajstić information content (AvgIpc) is 3.48. The monoisotopic (exact) mass is 595 g/mol. The van der Waals surface area contributed by atoms with E-state index >= 15 is 0 Å². The molecule has 194 valence electrons. The molecule has 1 aromatic carbocycles. The van der Waals surface area contributed by atoms with Gasteiger partial charge in [-0.1, -0.05) is 22.0 Å². The first-order valence-corrected chi connectivity index (χ1v) is 12.6. The molecule has 0 unspecified atom stereocenters. The number of aliphatic hydroxyl groups is 1. The third-order valence-corrected chi connectivity index (χ3v) is 7.12. The highest BCUT2D eigenvalue weighted by Crippen LogP contribution is 2.36. The van der Waals surface area contributed by atoms with Crippen LogP contribution in [0.5, 0.6) is 5.75 Å². The normalized spacial score (nSPS) is 11.5. The number of hydrogen-bond donors (Lipinski definition) is 1. The SMILES string of the molecule is CCOC(=O)c1cnn(-c2cccc(-c3sc(C)cc3COc3ccc(Br)c(CO)c3)n2)c1C(F)(F)F. The zero-order chi connectivity index (χ0) is 26.7. The molecule has 3 aromatic heterocycles. The summed E-state index contributed by atoms with van der Waals surface area (Å²) in [7, 11) is 0. The van der Waals surface area contributed by atoms with Gasteiger partial charge in [0.05, 0.1) is 30.0 Å². The van der Waals surface area contributed by atoms with Crippen LogP contribution >= 0.6 is 27.3 Å². The maximum Gasteiger partial charge on any atom is 0.434 e. The lowest BCUT2D eigenvalue weighted by molar-refractivity contribution is -0.143. The lowest BCUT2D eigenvalue weighted by atomic mass is 10.2. The summed E-state index contributed by atoms with van der Waals surface area (Å²) < 4.78 is 53.8. The number of aromatic nitrogens is 3. The Kier molecular flexibility index (Phi) is 8.00. The van der Waals surface area contributed by atoms with Gasteiger partial charge in [0, 0.05) is 14.9 Å². The molecule has 0 aliphatic heterocycles. The maximum atomic E-state index is 13.9. The van der Waals surface area contributed by atoms with Crippen LogP contribution in [0.25, 0.3) is 16.4 Å². The molecule has 4 aromatic rings. The molecule has 0 saturated carbocycles. The van der Waals surface area contributed by atoms with Gasteiger partial charge in [0.25, 0.3) is 0 Å². The van der Waals surface area contributed by atoms with E-state index in [1.54, 1.807) is 30.3 Å². The predicted octanol–water partition coefficient (Wildman–Crippen LogP) is 6.33. The molecule has 37 heavy (non-hydrogen) atoms. The second-order valence-electron chi connectivity index (χ2n) is 7.83. The zero-order valence-electron chi connectivity index (χ0n) is 19.7. The smallest absolute Gasteiger partial charge is 0.434 e. The Morgan fingerprint density at radius 1 is 1.19 bits per heavy atom. The highest BCUT2D eigenvalue weighted by molar-refractivity contribution is 9.10. The summed E-state index contributed by atoms with van der Waals surface area (Å²) >= 11 is 4.79. The maximum absolute atomic E-state index is 13.9. The van der Waals surface area contributed by atoms with Gasteiger partial charge >= 0.3 is 12.1 Å². The number of ether oxygens (including phenoxy) is 2. The first-order valence-electron chi connectivity index (χ1n) is 11.0. The van der Waals surface area contributed by atoms with Crippen LogP contribution in [-0.4, -0.2) is 32.4 Å². The third-order valence-electron chi connectivity index (χ3n) is 5.23. The number of rotatable bonds is 8. The summed E-state index contributed by atoms with van der Waals surface area (Å²) in [5.41, 5.74) is -0.0297. The molecule has 3 heterocycles. The van der Waals surface area contributed by atoms with Crippen LogP contribution in [0.3, 0.4) is 0 Å². The van der Waals surface area contributed by atoms with Crippen molar-refractivity contribution in [3.05, 3.63) is 80.4 Å². The van der Waals surface area contributed by atoms with Crippen LogP contribution < -0.4 is 4.74 Å². The number of carbonyl (C=O) groups excluding carboxylic acids is 1. The number of halogens is 4. The van der Waals surface area contributed by atoms with Crippen LogP contribution in [0.15, 0.2) is 53.1 Å². The summed E-state index contributed by atoms with van der Waals surface area (Å²) in [6.45, 7) is 3.38. The highest BCUT2D eigenvalue weighted by atomic mass is 79.9. The summed E-state index contributed by atoms with van der Waals surface area (Å²) in [4.78, 5) is 18.2. The molecule has 7 nitrogen and oxygen atoms in total. The summed E-state index contributed by atoms with van der Waals surface area (Å²) in [6.07, 6.45) is -4.03. The molecule has 0 fully saturated rings. The van der Waals surface area contributed by atoms with Crippen LogP contribution in [0, 0.1) is 6.92 Å². The summed E-state index contributed by atoms with van der Waals surface area (Å²) in [5.74, 6) is -0.650.